The fourth-order valence-corrected chi connectivity index (χ4v) is 4.35. The molecule has 6 nitrogen and oxygen atoms in total. The highest BCUT2D eigenvalue weighted by Crippen LogP contribution is 2.32. The Balaban J connectivity index is 0.00000324. The Labute approximate surface area is 197 Å². The third-order valence-corrected chi connectivity index (χ3v) is 6.12. The predicted octanol–water partition coefficient (Wildman–Crippen LogP) is 5.76. The zero-order valence-electron chi connectivity index (χ0n) is 20.1. The quantitative estimate of drug-likeness (QED) is 0.519. The van der Waals surface area contributed by atoms with Gasteiger partial charge in [0.1, 0.15) is 5.82 Å². The van der Waals surface area contributed by atoms with Gasteiger partial charge in [-0.2, -0.15) is 0 Å². The maximum Gasteiger partial charge on any atom is 0.407 e. The first kappa shape index (κ1) is 23.0. The predicted molar refractivity (Wildman–Crippen MR) is 136 cm³/mol. The van der Waals surface area contributed by atoms with Crippen LogP contribution in [0.2, 0.25) is 0 Å². The molecule has 1 amide bonds. The highest BCUT2D eigenvalue weighted by molar-refractivity contribution is 5.91. The summed E-state index contributed by atoms with van der Waals surface area (Å²) in [6.07, 6.45) is 1.81. The number of aryl methyl sites for hydroxylation is 2. The third-order valence-electron chi connectivity index (χ3n) is 6.12. The van der Waals surface area contributed by atoms with E-state index < -0.39 is 0 Å². The molecule has 0 bridgehead atoms. The van der Waals surface area contributed by atoms with Gasteiger partial charge >= 0.3 is 6.09 Å². The topological polar surface area (TPSA) is 67.4 Å². The molecule has 176 valence electrons. The van der Waals surface area contributed by atoms with E-state index in [2.05, 4.69) is 54.4 Å². The standard InChI is InChI=1S/C27H34N4O2.H2/c1-18(2)17-33-27(32)28-15-21-9-7-13-31(16-21)26-23-12-11-19(3)14-24(23)29-25(30-26)22-10-6-5-8-20(22)4;/h5-6,8,10-12,14,18,21H,7,9,13,15-17H2,1-4H3,(H,28,32);1H/t21-;/m1./s1. The van der Waals surface area contributed by atoms with Gasteiger partial charge in [0.05, 0.1) is 12.1 Å². The second-order valence-corrected chi connectivity index (χ2v) is 9.53. The van der Waals surface area contributed by atoms with Crippen molar-refractivity contribution in [2.24, 2.45) is 11.8 Å². The molecule has 1 N–H and O–H groups in total. The van der Waals surface area contributed by atoms with E-state index in [1.54, 1.807) is 0 Å². The molecule has 2 heterocycles. The molecule has 0 aliphatic carbocycles. The largest absolute Gasteiger partial charge is 0.449 e. The van der Waals surface area contributed by atoms with Crippen molar-refractivity contribution in [3.8, 4) is 11.4 Å². The third kappa shape index (κ3) is 5.62. The number of rotatable bonds is 6. The molecular formula is C27H36N4O2. The second-order valence-electron chi connectivity index (χ2n) is 9.53. The monoisotopic (exact) mass is 448 g/mol. The lowest BCUT2D eigenvalue weighted by molar-refractivity contribution is 0.131. The van der Waals surface area contributed by atoms with Gasteiger partial charge in [0, 0.05) is 32.0 Å². The molecule has 6 heteroatoms. The van der Waals surface area contributed by atoms with Gasteiger partial charge in [0.25, 0.3) is 0 Å². The number of ether oxygens (including phenoxy) is 1. The number of benzene rings is 2. The Morgan fingerprint density at radius 1 is 1.21 bits per heavy atom. The van der Waals surface area contributed by atoms with Gasteiger partial charge < -0.3 is 15.0 Å². The Hall–Kier alpha value is -3.15. The summed E-state index contributed by atoms with van der Waals surface area (Å²) in [5, 5.41) is 4.02. The van der Waals surface area contributed by atoms with Gasteiger partial charge in [-0.25, -0.2) is 14.8 Å². The SMILES string of the molecule is Cc1ccc2c(N3CCC[C@H](CNC(=O)OCC(C)C)C3)nc(-c3ccccc3C)nc2c1.[HH]. The number of nitrogens with one attached hydrogen (secondary N) is 1. The van der Waals surface area contributed by atoms with Crippen molar-refractivity contribution in [2.45, 2.75) is 40.5 Å². The molecule has 1 aliphatic rings. The van der Waals surface area contributed by atoms with Crippen molar-refractivity contribution in [1.82, 2.24) is 15.3 Å². The van der Waals surface area contributed by atoms with E-state index in [4.69, 9.17) is 14.7 Å². The minimum Gasteiger partial charge on any atom is -0.449 e. The van der Waals surface area contributed by atoms with Crippen molar-refractivity contribution >= 4 is 22.8 Å². The summed E-state index contributed by atoms with van der Waals surface area (Å²) in [7, 11) is 0. The number of carbonyl (C=O) groups excluding carboxylic acids is 1. The smallest absolute Gasteiger partial charge is 0.407 e. The van der Waals surface area contributed by atoms with Crippen molar-refractivity contribution in [3.05, 3.63) is 53.6 Å². The Morgan fingerprint density at radius 2 is 2.03 bits per heavy atom. The van der Waals surface area contributed by atoms with E-state index >= 15 is 0 Å². The Kier molecular flexibility index (Phi) is 7.11. The van der Waals surface area contributed by atoms with Crippen LogP contribution in [0, 0.1) is 25.7 Å². The summed E-state index contributed by atoms with van der Waals surface area (Å²) in [6, 6.07) is 14.6. The first-order valence-corrected chi connectivity index (χ1v) is 11.9. The van der Waals surface area contributed by atoms with Crippen LogP contribution in [0.5, 0.6) is 0 Å². The second kappa shape index (κ2) is 10.2. The molecule has 0 unspecified atom stereocenters. The number of fused-ring (bicyclic) bond motifs is 1. The molecule has 1 saturated heterocycles. The molecule has 0 radical (unpaired) electrons. The van der Waals surface area contributed by atoms with Gasteiger partial charge in [0.15, 0.2) is 5.82 Å². The van der Waals surface area contributed by atoms with Gasteiger partial charge in [0.2, 0.25) is 0 Å². The van der Waals surface area contributed by atoms with Crippen LogP contribution in [-0.4, -0.2) is 42.3 Å². The number of aromatic nitrogens is 2. The molecule has 33 heavy (non-hydrogen) atoms. The fraction of sp³-hybridized carbons (Fsp3) is 0.444. The average Bonchev–Trinajstić information content (AvgIpc) is 2.81. The molecule has 3 aromatic rings. The number of alkyl carbamates (subject to hydrolysis) is 1. The Bertz CT molecular complexity index is 1130. The van der Waals surface area contributed by atoms with Crippen molar-refractivity contribution < 1.29 is 11.0 Å². The lowest BCUT2D eigenvalue weighted by Gasteiger charge is -2.34. The van der Waals surface area contributed by atoms with Gasteiger partial charge in [-0.05, 0) is 61.8 Å². The van der Waals surface area contributed by atoms with Crippen LogP contribution in [0.3, 0.4) is 0 Å². The Morgan fingerprint density at radius 3 is 2.82 bits per heavy atom. The van der Waals surface area contributed by atoms with E-state index in [1.807, 2.05) is 26.0 Å². The van der Waals surface area contributed by atoms with E-state index in [0.717, 1.165) is 59.6 Å². The number of anilines is 1. The van der Waals surface area contributed by atoms with Gasteiger partial charge in [-0.3, -0.25) is 0 Å². The summed E-state index contributed by atoms with van der Waals surface area (Å²) >= 11 is 0. The molecule has 2 aromatic carbocycles. The van der Waals surface area contributed by atoms with Gasteiger partial charge in [-0.1, -0.05) is 44.2 Å². The maximum absolute atomic E-state index is 12.0. The van der Waals surface area contributed by atoms with Crippen molar-refractivity contribution in [3.63, 3.8) is 0 Å². The number of hydrogen-bond acceptors (Lipinski definition) is 5. The zero-order chi connectivity index (χ0) is 23.4. The number of piperidine rings is 1. The van der Waals surface area contributed by atoms with Crippen molar-refractivity contribution in [1.29, 1.82) is 0 Å². The molecule has 1 fully saturated rings. The molecule has 0 spiro atoms. The summed E-state index contributed by atoms with van der Waals surface area (Å²) in [4.78, 5) is 24.4. The van der Waals surface area contributed by atoms with Crippen LogP contribution in [0.4, 0.5) is 10.6 Å². The van der Waals surface area contributed by atoms with E-state index in [1.165, 1.54) is 5.56 Å². The fourth-order valence-electron chi connectivity index (χ4n) is 4.35. The van der Waals surface area contributed by atoms with E-state index in [9.17, 15) is 4.79 Å². The van der Waals surface area contributed by atoms with Crippen molar-refractivity contribution in [2.75, 3.05) is 31.1 Å². The average molecular weight is 449 g/mol. The van der Waals surface area contributed by atoms with Crippen LogP contribution in [0.25, 0.3) is 22.3 Å². The first-order valence-electron chi connectivity index (χ1n) is 11.9. The first-order chi connectivity index (χ1) is 15.9. The number of carbonyl (C=O) groups is 1. The minimum atomic E-state index is -0.328. The number of hydrogen-bond donors (Lipinski definition) is 1. The number of amides is 1. The molecule has 1 aliphatic heterocycles. The molecular weight excluding hydrogens is 412 g/mol. The van der Waals surface area contributed by atoms with Crippen LogP contribution < -0.4 is 10.2 Å². The summed E-state index contributed by atoms with van der Waals surface area (Å²) in [5.74, 6) is 2.42. The molecule has 0 saturated carbocycles. The van der Waals surface area contributed by atoms with Crippen LogP contribution in [0.1, 0.15) is 39.2 Å². The maximum atomic E-state index is 12.0. The highest BCUT2D eigenvalue weighted by Gasteiger charge is 2.24. The molecule has 1 aromatic heterocycles. The number of nitrogens with zero attached hydrogens (tertiary/aromatic N) is 3. The van der Waals surface area contributed by atoms with Crippen LogP contribution in [-0.2, 0) is 4.74 Å². The molecule has 4 rings (SSSR count). The summed E-state index contributed by atoms with van der Waals surface area (Å²) in [5.41, 5.74) is 4.38. The van der Waals surface area contributed by atoms with Gasteiger partial charge in [-0.15, -0.1) is 0 Å². The lowest BCUT2D eigenvalue weighted by atomic mass is 9.97. The normalized spacial score (nSPS) is 16.3. The van der Waals surface area contributed by atoms with Crippen LogP contribution >= 0.6 is 0 Å². The minimum absolute atomic E-state index is 0. The summed E-state index contributed by atoms with van der Waals surface area (Å²) < 4.78 is 5.27. The lowest BCUT2D eigenvalue weighted by Crippen LogP contribution is -2.41. The molecule has 1 atom stereocenters. The zero-order valence-corrected chi connectivity index (χ0v) is 20.1. The highest BCUT2D eigenvalue weighted by atomic mass is 16.5. The van der Waals surface area contributed by atoms with E-state index in [0.29, 0.717) is 25.0 Å². The van der Waals surface area contributed by atoms with Crippen LogP contribution in [0.15, 0.2) is 42.5 Å². The van der Waals surface area contributed by atoms with E-state index in [-0.39, 0.29) is 7.52 Å². The summed E-state index contributed by atoms with van der Waals surface area (Å²) in [6.45, 7) is 11.1.